The molecule has 0 unspecified atom stereocenters. The third-order valence-corrected chi connectivity index (χ3v) is 4.92. The molecule has 0 aliphatic carbocycles. The summed E-state index contributed by atoms with van der Waals surface area (Å²) in [6.45, 7) is 1.94. The van der Waals surface area contributed by atoms with Gasteiger partial charge in [-0.3, -0.25) is 9.59 Å². The Morgan fingerprint density at radius 3 is 2.45 bits per heavy atom. The SMILES string of the molecule is Cc1c(=O)c(Cc2ccc(C(=O)O)cc2)cn2nc(C(=O)NCc3ccccc3)oc12. The number of fused-ring (bicyclic) bond motifs is 1. The van der Waals surface area contributed by atoms with E-state index in [1.54, 1.807) is 19.1 Å². The molecule has 156 valence electrons. The van der Waals surface area contributed by atoms with Crippen LogP contribution >= 0.6 is 0 Å². The van der Waals surface area contributed by atoms with Crippen LogP contribution in [-0.4, -0.2) is 26.6 Å². The Hall–Kier alpha value is -4.20. The summed E-state index contributed by atoms with van der Waals surface area (Å²) in [5, 5.41) is 15.9. The number of carbonyl (C=O) groups is 2. The van der Waals surface area contributed by atoms with Gasteiger partial charge >= 0.3 is 17.8 Å². The van der Waals surface area contributed by atoms with Crippen LogP contribution in [0.5, 0.6) is 0 Å². The number of aromatic carboxylic acids is 1. The molecule has 8 nitrogen and oxygen atoms in total. The smallest absolute Gasteiger partial charge is 0.335 e. The van der Waals surface area contributed by atoms with E-state index in [4.69, 9.17) is 9.52 Å². The van der Waals surface area contributed by atoms with E-state index in [2.05, 4.69) is 10.4 Å². The summed E-state index contributed by atoms with van der Waals surface area (Å²) in [4.78, 5) is 36.2. The van der Waals surface area contributed by atoms with E-state index >= 15 is 0 Å². The monoisotopic (exact) mass is 417 g/mol. The average molecular weight is 417 g/mol. The Labute approximate surface area is 176 Å². The minimum Gasteiger partial charge on any atom is -0.478 e. The van der Waals surface area contributed by atoms with E-state index in [0.717, 1.165) is 11.1 Å². The number of benzene rings is 2. The van der Waals surface area contributed by atoms with Crippen molar-refractivity contribution < 1.29 is 19.1 Å². The highest BCUT2D eigenvalue weighted by atomic mass is 16.4. The van der Waals surface area contributed by atoms with Crippen LogP contribution in [0, 0.1) is 6.92 Å². The summed E-state index contributed by atoms with van der Waals surface area (Å²) in [5.74, 6) is -1.63. The predicted octanol–water partition coefficient (Wildman–Crippen LogP) is 2.81. The van der Waals surface area contributed by atoms with Gasteiger partial charge in [-0.05, 0) is 30.2 Å². The molecule has 2 aromatic carbocycles. The van der Waals surface area contributed by atoms with Crippen molar-refractivity contribution >= 4 is 17.6 Å². The van der Waals surface area contributed by atoms with Crippen molar-refractivity contribution in [3.05, 3.63) is 105 Å². The quantitative estimate of drug-likeness (QED) is 0.499. The molecule has 2 aromatic heterocycles. The number of carbonyl (C=O) groups excluding carboxylic acids is 1. The molecule has 4 aromatic rings. The lowest BCUT2D eigenvalue weighted by Crippen LogP contribution is -2.23. The maximum atomic E-state index is 12.8. The van der Waals surface area contributed by atoms with E-state index in [-0.39, 0.29) is 22.6 Å². The van der Waals surface area contributed by atoms with Crippen LogP contribution in [-0.2, 0) is 13.0 Å². The molecule has 1 amide bonds. The number of nitrogens with zero attached hydrogens (tertiary/aromatic N) is 2. The number of aromatic nitrogens is 2. The molecule has 4 rings (SSSR count). The average Bonchev–Trinajstić information content (AvgIpc) is 3.21. The third kappa shape index (κ3) is 4.23. The van der Waals surface area contributed by atoms with E-state index in [9.17, 15) is 14.4 Å². The lowest BCUT2D eigenvalue weighted by atomic mass is 10.0. The van der Waals surface area contributed by atoms with E-state index in [1.165, 1.54) is 22.8 Å². The second-order valence-corrected chi connectivity index (χ2v) is 7.11. The Balaban J connectivity index is 1.58. The lowest BCUT2D eigenvalue weighted by molar-refractivity contribution is 0.0696. The third-order valence-electron chi connectivity index (χ3n) is 4.92. The summed E-state index contributed by atoms with van der Waals surface area (Å²) in [7, 11) is 0. The Kier molecular flexibility index (Phi) is 5.36. The molecule has 0 radical (unpaired) electrons. The first-order valence-corrected chi connectivity index (χ1v) is 9.58. The van der Waals surface area contributed by atoms with Gasteiger partial charge in [-0.25, -0.2) is 9.31 Å². The number of pyridine rings is 1. The molecule has 0 saturated heterocycles. The molecule has 2 N–H and O–H groups in total. The maximum Gasteiger partial charge on any atom is 0.335 e. The zero-order valence-corrected chi connectivity index (χ0v) is 16.7. The summed E-state index contributed by atoms with van der Waals surface area (Å²) in [6, 6.07) is 15.8. The Bertz CT molecular complexity index is 1320. The first-order chi connectivity index (χ1) is 14.9. The minimum absolute atomic E-state index is 0.138. The van der Waals surface area contributed by atoms with E-state index in [1.807, 2.05) is 30.3 Å². The fourth-order valence-electron chi connectivity index (χ4n) is 3.24. The van der Waals surface area contributed by atoms with Gasteiger partial charge in [-0.15, -0.1) is 5.10 Å². The maximum absolute atomic E-state index is 12.8. The fraction of sp³-hybridized carbons (Fsp3) is 0.130. The molecule has 0 fully saturated rings. The van der Waals surface area contributed by atoms with Gasteiger partial charge in [0.15, 0.2) is 5.43 Å². The van der Waals surface area contributed by atoms with Gasteiger partial charge < -0.3 is 14.8 Å². The van der Waals surface area contributed by atoms with Crippen LogP contribution in [0.2, 0.25) is 0 Å². The number of rotatable bonds is 6. The number of hydrogen-bond donors (Lipinski definition) is 2. The van der Waals surface area contributed by atoms with Crippen LogP contribution < -0.4 is 10.7 Å². The standard InChI is InChI=1S/C23H19N3O5/c1-14-19(27)18(11-15-7-9-17(10-8-15)23(29)30)13-26-22(14)31-21(25-26)20(28)24-12-16-5-3-2-4-6-16/h2-10,13H,11-12H2,1H3,(H,24,28)(H,29,30). The first-order valence-electron chi connectivity index (χ1n) is 9.58. The second kappa shape index (κ2) is 8.27. The number of carboxylic acid groups (broad SMARTS) is 1. The molecule has 0 spiro atoms. The zero-order valence-electron chi connectivity index (χ0n) is 16.7. The number of amides is 1. The van der Waals surface area contributed by atoms with Crippen LogP contribution in [0.25, 0.3) is 5.71 Å². The largest absolute Gasteiger partial charge is 0.478 e. The van der Waals surface area contributed by atoms with Crippen molar-refractivity contribution in [2.45, 2.75) is 19.9 Å². The van der Waals surface area contributed by atoms with Crippen molar-refractivity contribution in [2.75, 3.05) is 0 Å². The normalized spacial score (nSPS) is 10.9. The number of nitrogens with one attached hydrogen (secondary N) is 1. The van der Waals surface area contributed by atoms with E-state index < -0.39 is 11.9 Å². The van der Waals surface area contributed by atoms with Crippen LogP contribution in [0.3, 0.4) is 0 Å². The van der Waals surface area contributed by atoms with Crippen molar-refractivity contribution in [3.63, 3.8) is 0 Å². The highest BCUT2D eigenvalue weighted by molar-refractivity contribution is 5.89. The second-order valence-electron chi connectivity index (χ2n) is 7.11. The minimum atomic E-state index is -1.01. The van der Waals surface area contributed by atoms with Gasteiger partial charge in [-0.1, -0.05) is 42.5 Å². The van der Waals surface area contributed by atoms with Crippen LogP contribution in [0.15, 0.2) is 70.0 Å². The summed E-state index contributed by atoms with van der Waals surface area (Å²) >= 11 is 0. The highest BCUT2D eigenvalue weighted by Gasteiger charge is 2.18. The molecular weight excluding hydrogens is 398 g/mol. The van der Waals surface area contributed by atoms with Gasteiger partial charge in [0.2, 0.25) is 5.71 Å². The summed E-state index contributed by atoms with van der Waals surface area (Å²) in [6.07, 6.45) is 1.83. The number of aryl methyl sites for hydroxylation is 1. The number of carboxylic acids is 1. The van der Waals surface area contributed by atoms with Gasteiger partial charge in [0.25, 0.3) is 0 Å². The highest BCUT2D eigenvalue weighted by Crippen LogP contribution is 2.14. The molecule has 2 heterocycles. The molecule has 0 atom stereocenters. The Morgan fingerprint density at radius 1 is 1.06 bits per heavy atom. The van der Waals surface area contributed by atoms with E-state index in [0.29, 0.717) is 24.1 Å². The molecule has 0 aliphatic rings. The summed E-state index contributed by atoms with van der Waals surface area (Å²) < 4.78 is 6.94. The first kappa shape index (κ1) is 20.1. The van der Waals surface area contributed by atoms with Gasteiger partial charge in [0.1, 0.15) is 0 Å². The lowest BCUT2D eigenvalue weighted by Gasteiger charge is -2.04. The van der Waals surface area contributed by atoms with Crippen molar-refractivity contribution in [1.29, 1.82) is 0 Å². The molecule has 0 bridgehead atoms. The van der Waals surface area contributed by atoms with Gasteiger partial charge in [0, 0.05) is 24.7 Å². The fourth-order valence-corrected chi connectivity index (χ4v) is 3.24. The Morgan fingerprint density at radius 2 is 1.77 bits per heavy atom. The molecular formula is C23H19N3O5. The molecule has 8 heteroatoms. The number of hydrogen-bond acceptors (Lipinski definition) is 5. The predicted molar refractivity (Wildman–Crippen MR) is 112 cm³/mol. The molecule has 0 aliphatic heterocycles. The molecule has 31 heavy (non-hydrogen) atoms. The van der Waals surface area contributed by atoms with Crippen molar-refractivity contribution in [2.24, 2.45) is 0 Å². The zero-order chi connectivity index (χ0) is 22.0. The molecule has 0 saturated carbocycles. The topological polar surface area (TPSA) is 114 Å². The van der Waals surface area contributed by atoms with Crippen LogP contribution in [0.4, 0.5) is 0 Å². The van der Waals surface area contributed by atoms with Gasteiger partial charge in [-0.2, -0.15) is 0 Å². The van der Waals surface area contributed by atoms with Crippen molar-refractivity contribution in [1.82, 2.24) is 14.9 Å². The van der Waals surface area contributed by atoms with Crippen molar-refractivity contribution in [3.8, 4) is 0 Å². The van der Waals surface area contributed by atoms with Crippen LogP contribution in [0.1, 0.15) is 43.3 Å². The summed E-state index contributed by atoms with van der Waals surface area (Å²) in [5.41, 5.74) is 2.70. The van der Waals surface area contributed by atoms with Gasteiger partial charge in [0.05, 0.1) is 11.1 Å².